The summed E-state index contributed by atoms with van der Waals surface area (Å²) in [6, 6.07) is 8.27. The van der Waals surface area contributed by atoms with Crippen LogP contribution in [0.25, 0.3) is 0 Å². The van der Waals surface area contributed by atoms with Gasteiger partial charge in [-0.05, 0) is 30.5 Å². The molecule has 0 amide bonds. The minimum Gasteiger partial charge on any atom is -0.384 e. The number of nitrogens with zero attached hydrogens (tertiary/aromatic N) is 1. The predicted molar refractivity (Wildman–Crippen MR) is 73.6 cm³/mol. The normalized spacial score (nSPS) is 25.9. The Hall–Kier alpha value is -1.34. The van der Waals surface area contributed by atoms with Crippen molar-refractivity contribution in [1.82, 2.24) is 4.90 Å². The molecule has 100 valence electrons. The van der Waals surface area contributed by atoms with Gasteiger partial charge in [0.25, 0.3) is 0 Å². The van der Waals surface area contributed by atoms with Crippen LogP contribution in [0.4, 0.5) is 0 Å². The van der Waals surface area contributed by atoms with E-state index in [0.29, 0.717) is 12.2 Å². The maximum atomic E-state index is 8.73. The monoisotopic (exact) mass is 257 g/mol. The standard InChI is InChI=1S/C16H19NO2/c18-8-2-5-13-3-1-4-14(9-13)10-17-11-15-6-7-16(12-17)19-15/h1,3-4,9,15-16,18H,6-8,10-12H2. The van der Waals surface area contributed by atoms with Gasteiger partial charge in [0.2, 0.25) is 0 Å². The lowest BCUT2D eigenvalue weighted by atomic mass is 10.1. The average Bonchev–Trinajstić information content (AvgIpc) is 2.76. The molecule has 2 unspecified atom stereocenters. The van der Waals surface area contributed by atoms with E-state index in [4.69, 9.17) is 9.84 Å². The number of likely N-dealkylation sites (tertiary alicyclic amines) is 1. The Balaban J connectivity index is 1.66. The summed E-state index contributed by atoms with van der Waals surface area (Å²) in [7, 11) is 0. The summed E-state index contributed by atoms with van der Waals surface area (Å²) >= 11 is 0. The van der Waals surface area contributed by atoms with Crippen molar-refractivity contribution < 1.29 is 9.84 Å². The third-order valence-electron chi connectivity index (χ3n) is 3.76. The Bertz CT molecular complexity index is 491. The molecule has 0 radical (unpaired) electrons. The van der Waals surface area contributed by atoms with Gasteiger partial charge in [-0.25, -0.2) is 0 Å². The number of benzene rings is 1. The van der Waals surface area contributed by atoms with E-state index in [1.807, 2.05) is 12.1 Å². The van der Waals surface area contributed by atoms with Crippen molar-refractivity contribution in [1.29, 1.82) is 0 Å². The van der Waals surface area contributed by atoms with Crippen LogP contribution in [-0.2, 0) is 11.3 Å². The first-order valence-corrected chi connectivity index (χ1v) is 6.90. The Labute approximate surface area is 114 Å². The SMILES string of the molecule is OCC#Cc1cccc(CN2CC3CCC(C2)O3)c1. The summed E-state index contributed by atoms with van der Waals surface area (Å²) in [5.74, 6) is 5.65. The van der Waals surface area contributed by atoms with Crippen molar-refractivity contribution in [3.8, 4) is 11.8 Å². The van der Waals surface area contributed by atoms with E-state index in [-0.39, 0.29) is 6.61 Å². The second-order valence-corrected chi connectivity index (χ2v) is 5.31. The fourth-order valence-electron chi connectivity index (χ4n) is 2.98. The summed E-state index contributed by atoms with van der Waals surface area (Å²) in [5, 5.41) is 8.73. The highest BCUT2D eigenvalue weighted by molar-refractivity contribution is 5.37. The van der Waals surface area contributed by atoms with Crippen LogP contribution in [0.15, 0.2) is 24.3 Å². The molecule has 3 rings (SSSR count). The smallest absolute Gasteiger partial charge is 0.104 e. The second-order valence-electron chi connectivity index (χ2n) is 5.31. The van der Waals surface area contributed by atoms with E-state index in [1.54, 1.807) is 0 Å². The molecule has 1 aromatic carbocycles. The molecule has 2 fully saturated rings. The van der Waals surface area contributed by atoms with Crippen LogP contribution in [0.3, 0.4) is 0 Å². The highest BCUT2D eigenvalue weighted by Gasteiger charge is 2.33. The van der Waals surface area contributed by atoms with Gasteiger partial charge in [-0.1, -0.05) is 24.0 Å². The first-order valence-electron chi connectivity index (χ1n) is 6.90. The minimum atomic E-state index is -0.0863. The van der Waals surface area contributed by atoms with Crippen LogP contribution in [0.2, 0.25) is 0 Å². The van der Waals surface area contributed by atoms with Gasteiger partial charge < -0.3 is 9.84 Å². The summed E-state index contributed by atoms with van der Waals surface area (Å²) in [6.07, 6.45) is 3.30. The van der Waals surface area contributed by atoms with E-state index in [1.165, 1.54) is 18.4 Å². The molecule has 19 heavy (non-hydrogen) atoms. The van der Waals surface area contributed by atoms with E-state index in [9.17, 15) is 0 Å². The van der Waals surface area contributed by atoms with Crippen molar-refractivity contribution >= 4 is 0 Å². The van der Waals surface area contributed by atoms with E-state index < -0.39 is 0 Å². The Morgan fingerprint density at radius 2 is 2.05 bits per heavy atom. The number of aliphatic hydroxyl groups is 1. The van der Waals surface area contributed by atoms with Gasteiger partial charge in [0, 0.05) is 25.2 Å². The first kappa shape index (κ1) is 12.7. The van der Waals surface area contributed by atoms with Gasteiger partial charge in [-0.3, -0.25) is 4.90 Å². The zero-order valence-corrected chi connectivity index (χ0v) is 11.0. The van der Waals surface area contributed by atoms with Crippen LogP contribution in [0, 0.1) is 11.8 Å². The number of ether oxygens (including phenoxy) is 1. The van der Waals surface area contributed by atoms with Crippen LogP contribution in [-0.4, -0.2) is 41.9 Å². The molecule has 1 N–H and O–H groups in total. The van der Waals surface area contributed by atoms with Crippen LogP contribution in [0.5, 0.6) is 0 Å². The molecule has 2 aliphatic heterocycles. The van der Waals surface area contributed by atoms with Gasteiger partial charge in [0.15, 0.2) is 0 Å². The molecule has 2 aliphatic rings. The maximum Gasteiger partial charge on any atom is 0.104 e. The van der Waals surface area contributed by atoms with Gasteiger partial charge in [0.1, 0.15) is 6.61 Å². The van der Waals surface area contributed by atoms with Crippen LogP contribution in [0.1, 0.15) is 24.0 Å². The lowest BCUT2D eigenvalue weighted by molar-refractivity contribution is -0.0410. The van der Waals surface area contributed by atoms with Crippen LogP contribution < -0.4 is 0 Å². The quantitative estimate of drug-likeness (QED) is 0.813. The molecule has 0 saturated carbocycles. The summed E-state index contributed by atoms with van der Waals surface area (Å²) in [5.41, 5.74) is 2.26. The molecule has 2 saturated heterocycles. The van der Waals surface area contributed by atoms with E-state index >= 15 is 0 Å². The fraction of sp³-hybridized carbons (Fsp3) is 0.500. The number of aliphatic hydroxyl groups excluding tert-OH is 1. The highest BCUT2D eigenvalue weighted by Crippen LogP contribution is 2.27. The molecule has 2 bridgehead atoms. The van der Waals surface area contributed by atoms with E-state index in [0.717, 1.165) is 25.2 Å². The van der Waals surface area contributed by atoms with Gasteiger partial charge in [-0.15, -0.1) is 0 Å². The molecule has 1 aromatic rings. The van der Waals surface area contributed by atoms with Crippen molar-refractivity contribution in [2.24, 2.45) is 0 Å². The van der Waals surface area contributed by atoms with E-state index in [2.05, 4.69) is 28.9 Å². The second kappa shape index (κ2) is 5.75. The number of hydrogen-bond donors (Lipinski definition) is 1. The van der Waals surface area contributed by atoms with Gasteiger partial charge in [0.05, 0.1) is 12.2 Å². The molecule has 2 atom stereocenters. The molecule has 0 aliphatic carbocycles. The van der Waals surface area contributed by atoms with Crippen molar-refractivity contribution in [2.45, 2.75) is 31.6 Å². The summed E-state index contributed by atoms with van der Waals surface area (Å²) < 4.78 is 5.85. The lowest BCUT2D eigenvalue weighted by Gasteiger charge is -2.32. The third-order valence-corrected chi connectivity index (χ3v) is 3.76. The number of morpholine rings is 1. The summed E-state index contributed by atoms with van der Waals surface area (Å²) in [6.45, 7) is 2.97. The third kappa shape index (κ3) is 3.16. The largest absolute Gasteiger partial charge is 0.384 e. The fourth-order valence-corrected chi connectivity index (χ4v) is 2.98. The number of fused-ring (bicyclic) bond motifs is 2. The summed E-state index contributed by atoms with van der Waals surface area (Å²) in [4.78, 5) is 2.48. The van der Waals surface area contributed by atoms with Gasteiger partial charge >= 0.3 is 0 Å². The molecule has 3 heteroatoms. The predicted octanol–water partition coefficient (Wildman–Crippen LogP) is 1.39. The van der Waals surface area contributed by atoms with Crippen molar-refractivity contribution in [3.05, 3.63) is 35.4 Å². The Morgan fingerprint density at radius 3 is 2.79 bits per heavy atom. The Morgan fingerprint density at radius 1 is 1.26 bits per heavy atom. The minimum absolute atomic E-state index is 0.0863. The topological polar surface area (TPSA) is 32.7 Å². The van der Waals surface area contributed by atoms with Crippen molar-refractivity contribution in [2.75, 3.05) is 19.7 Å². The molecule has 0 aromatic heterocycles. The van der Waals surface area contributed by atoms with Gasteiger partial charge in [-0.2, -0.15) is 0 Å². The Kier molecular flexibility index (Phi) is 3.84. The van der Waals surface area contributed by atoms with Crippen LogP contribution >= 0.6 is 0 Å². The number of rotatable bonds is 2. The number of hydrogen-bond acceptors (Lipinski definition) is 3. The molecule has 0 spiro atoms. The molecule has 2 heterocycles. The average molecular weight is 257 g/mol. The maximum absolute atomic E-state index is 8.73. The zero-order valence-electron chi connectivity index (χ0n) is 11.0. The molecule has 3 nitrogen and oxygen atoms in total. The lowest BCUT2D eigenvalue weighted by Crippen LogP contribution is -2.41. The molecular weight excluding hydrogens is 238 g/mol. The first-order chi connectivity index (χ1) is 9.33. The molecular formula is C16H19NO2. The zero-order chi connectivity index (χ0) is 13.1. The van der Waals surface area contributed by atoms with Crippen molar-refractivity contribution in [3.63, 3.8) is 0 Å². The highest BCUT2D eigenvalue weighted by atomic mass is 16.5.